The quantitative estimate of drug-likeness (QED) is 0.199. The zero-order chi connectivity index (χ0) is 31.3. The van der Waals surface area contributed by atoms with Gasteiger partial charge in [-0.2, -0.15) is 5.10 Å². The molecular formula is C28H31N7O8. The Morgan fingerprint density at radius 1 is 0.953 bits per heavy atom. The predicted octanol–water partition coefficient (Wildman–Crippen LogP) is 3.70. The highest BCUT2D eigenvalue weighted by Gasteiger charge is 2.29. The first-order chi connectivity index (χ1) is 20.5. The molecule has 0 spiro atoms. The number of nitrogens with one attached hydrogen (secondary N) is 1. The summed E-state index contributed by atoms with van der Waals surface area (Å²) in [7, 11) is 6.16. The average Bonchev–Trinajstić information content (AvgIpc) is 3.00. The highest BCUT2D eigenvalue weighted by atomic mass is 16.6. The molecule has 0 bridgehead atoms. The maximum atomic E-state index is 13.4. The van der Waals surface area contributed by atoms with Gasteiger partial charge in [0.15, 0.2) is 11.5 Å². The molecule has 1 heterocycles. The Kier molecular flexibility index (Phi) is 9.13. The molecule has 0 aromatic heterocycles. The van der Waals surface area contributed by atoms with Crippen LogP contribution in [0.2, 0.25) is 0 Å². The van der Waals surface area contributed by atoms with E-state index < -0.39 is 15.8 Å². The number of carbonyl (C=O) groups excluding carboxylic acids is 1. The second-order valence-electron chi connectivity index (χ2n) is 9.73. The molecule has 43 heavy (non-hydrogen) atoms. The molecule has 1 aliphatic rings. The van der Waals surface area contributed by atoms with Crippen molar-refractivity contribution in [2.75, 3.05) is 69.7 Å². The fourth-order valence-corrected chi connectivity index (χ4v) is 4.66. The molecule has 1 aliphatic heterocycles. The number of ether oxygens (including phenoxy) is 2. The average molecular weight is 594 g/mol. The van der Waals surface area contributed by atoms with Crippen LogP contribution in [-0.4, -0.2) is 86.5 Å². The normalized spacial score (nSPS) is 13.1. The summed E-state index contributed by atoms with van der Waals surface area (Å²) in [5.74, 6) is 0.0764. The number of phenols is 1. The first-order valence-corrected chi connectivity index (χ1v) is 13.1. The second kappa shape index (κ2) is 12.9. The third kappa shape index (κ3) is 6.66. The van der Waals surface area contributed by atoms with Crippen molar-refractivity contribution in [3.8, 4) is 17.2 Å². The number of hydrazone groups is 1. The van der Waals surface area contributed by atoms with E-state index in [1.54, 1.807) is 48.2 Å². The first-order valence-electron chi connectivity index (χ1n) is 13.1. The Balaban J connectivity index is 1.49. The minimum absolute atomic E-state index is 0.0274. The van der Waals surface area contributed by atoms with Crippen molar-refractivity contribution in [1.82, 2.24) is 4.90 Å². The standard InChI is InChI=1S/C28H31N7O8/c1-31(2)23-16-26(42-3)20(15-24(23)35(40)41)28(37)33-11-9-32(10-12-33)19-6-7-22(34(38)39)21(14-19)30-29-17-18-5-8-25(36)27(13-18)43-4/h5-8,13-17,30,36H,9-12H2,1-4H3/b29-17-. The van der Waals surface area contributed by atoms with Crippen LogP contribution in [0, 0.1) is 20.2 Å². The van der Waals surface area contributed by atoms with E-state index >= 15 is 0 Å². The van der Waals surface area contributed by atoms with Gasteiger partial charge in [-0.1, -0.05) is 0 Å². The van der Waals surface area contributed by atoms with Crippen LogP contribution in [0.3, 0.4) is 0 Å². The number of nitro groups is 2. The van der Waals surface area contributed by atoms with E-state index in [4.69, 9.17) is 9.47 Å². The summed E-state index contributed by atoms with van der Waals surface area (Å²) in [5, 5.41) is 37.2. The van der Waals surface area contributed by atoms with E-state index in [-0.39, 0.29) is 39.9 Å². The Labute approximate surface area is 246 Å². The smallest absolute Gasteiger partial charge is 0.294 e. The van der Waals surface area contributed by atoms with Gasteiger partial charge in [-0.15, -0.1) is 0 Å². The minimum atomic E-state index is -0.532. The molecular weight excluding hydrogens is 562 g/mol. The zero-order valence-electron chi connectivity index (χ0n) is 24.0. The third-order valence-electron chi connectivity index (χ3n) is 6.92. The van der Waals surface area contributed by atoms with Gasteiger partial charge in [0, 0.05) is 64.2 Å². The van der Waals surface area contributed by atoms with Crippen LogP contribution in [0.4, 0.5) is 28.4 Å². The van der Waals surface area contributed by atoms with Gasteiger partial charge in [0.1, 0.15) is 17.1 Å². The lowest BCUT2D eigenvalue weighted by Crippen LogP contribution is -2.48. The molecule has 3 aromatic carbocycles. The van der Waals surface area contributed by atoms with Crippen molar-refractivity contribution < 1.29 is 29.2 Å². The van der Waals surface area contributed by atoms with Crippen molar-refractivity contribution in [2.45, 2.75) is 0 Å². The number of amides is 1. The molecule has 226 valence electrons. The maximum Gasteiger partial charge on any atom is 0.294 e. The molecule has 3 aromatic rings. The summed E-state index contributed by atoms with van der Waals surface area (Å²) < 4.78 is 10.5. The van der Waals surface area contributed by atoms with Gasteiger partial charge >= 0.3 is 0 Å². The number of nitrogens with zero attached hydrogens (tertiary/aromatic N) is 6. The minimum Gasteiger partial charge on any atom is -0.504 e. The van der Waals surface area contributed by atoms with E-state index in [2.05, 4.69) is 10.5 Å². The third-order valence-corrected chi connectivity index (χ3v) is 6.92. The summed E-state index contributed by atoms with van der Waals surface area (Å²) in [5.41, 5.74) is 4.21. The van der Waals surface area contributed by atoms with Crippen LogP contribution in [0.5, 0.6) is 17.2 Å². The molecule has 15 heteroatoms. The number of hydrogen-bond acceptors (Lipinski definition) is 12. The van der Waals surface area contributed by atoms with Crippen LogP contribution < -0.4 is 24.7 Å². The molecule has 4 rings (SSSR count). The second-order valence-corrected chi connectivity index (χ2v) is 9.73. The van der Waals surface area contributed by atoms with E-state index in [0.717, 1.165) is 0 Å². The number of piperazine rings is 1. The number of benzene rings is 3. The number of anilines is 3. The molecule has 0 unspecified atom stereocenters. The van der Waals surface area contributed by atoms with Crippen molar-refractivity contribution >= 4 is 40.6 Å². The van der Waals surface area contributed by atoms with Crippen LogP contribution in [-0.2, 0) is 0 Å². The highest BCUT2D eigenvalue weighted by Crippen LogP contribution is 2.36. The summed E-state index contributed by atoms with van der Waals surface area (Å²) in [6.45, 7) is 1.46. The van der Waals surface area contributed by atoms with Gasteiger partial charge in [0.2, 0.25) is 0 Å². The number of nitro benzene ring substituents is 2. The molecule has 0 radical (unpaired) electrons. The monoisotopic (exact) mass is 593 g/mol. The van der Waals surface area contributed by atoms with Gasteiger partial charge in [-0.05, 0) is 35.9 Å². The van der Waals surface area contributed by atoms with Crippen molar-refractivity contribution in [2.24, 2.45) is 5.10 Å². The van der Waals surface area contributed by atoms with Gasteiger partial charge in [-0.3, -0.25) is 30.4 Å². The molecule has 1 amide bonds. The lowest BCUT2D eigenvalue weighted by atomic mass is 10.1. The fourth-order valence-electron chi connectivity index (χ4n) is 4.66. The lowest BCUT2D eigenvalue weighted by molar-refractivity contribution is -0.384. The van der Waals surface area contributed by atoms with E-state index in [1.807, 2.05) is 4.90 Å². The van der Waals surface area contributed by atoms with Crippen LogP contribution >= 0.6 is 0 Å². The van der Waals surface area contributed by atoms with Gasteiger partial charge in [-0.25, -0.2) is 0 Å². The van der Waals surface area contributed by atoms with Crippen LogP contribution in [0.1, 0.15) is 15.9 Å². The molecule has 1 saturated heterocycles. The van der Waals surface area contributed by atoms with Gasteiger partial charge < -0.3 is 29.3 Å². The van der Waals surface area contributed by atoms with Crippen molar-refractivity contribution in [1.29, 1.82) is 0 Å². The van der Waals surface area contributed by atoms with Crippen molar-refractivity contribution in [3.63, 3.8) is 0 Å². The number of phenolic OH excluding ortho intramolecular Hbond substituents is 1. The van der Waals surface area contributed by atoms with E-state index in [1.165, 1.54) is 44.7 Å². The fraction of sp³-hybridized carbons (Fsp3) is 0.286. The number of aromatic hydroxyl groups is 1. The lowest BCUT2D eigenvalue weighted by Gasteiger charge is -2.36. The number of carbonyl (C=O) groups is 1. The van der Waals surface area contributed by atoms with E-state index in [9.17, 15) is 30.1 Å². The number of rotatable bonds is 10. The largest absolute Gasteiger partial charge is 0.504 e. The van der Waals surface area contributed by atoms with Crippen molar-refractivity contribution in [3.05, 3.63) is 79.9 Å². The number of hydrogen-bond donors (Lipinski definition) is 2. The predicted molar refractivity (Wildman–Crippen MR) is 161 cm³/mol. The summed E-state index contributed by atoms with van der Waals surface area (Å²) in [6.07, 6.45) is 1.44. The topological polar surface area (TPSA) is 176 Å². The van der Waals surface area contributed by atoms with Crippen LogP contribution in [0.15, 0.2) is 53.6 Å². The molecule has 0 saturated carbocycles. The molecule has 1 fully saturated rings. The summed E-state index contributed by atoms with van der Waals surface area (Å²) >= 11 is 0. The van der Waals surface area contributed by atoms with Crippen LogP contribution in [0.25, 0.3) is 0 Å². The molecule has 0 aliphatic carbocycles. The Bertz CT molecular complexity index is 1570. The van der Waals surface area contributed by atoms with Gasteiger partial charge in [0.05, 0.1) is 35.8 Å². The zero-order valence-corrected chi connectivity index (χ0v) is 24.0. The van der Waals surface area contributed by atoms with E-state index in [0.29, 0.717) is 43.1 Å². The maximum absolute atomic E-state index is 13.4. The molecule has 15 nitrogen and oxygen atoms in total. The molecule has 2 N–H and O–H groups in total. The highest BCUT2D eigenvalue weighted by molar-refractivity contribution is 5.99. The molecule has 0 atom stereocenters. The SMILES string of the molecule is COc1cc(/C=N\Nc2cc(N3CCN(C(=O)c4cc([N+](=O)[O-])c(N(C)C)cc4OC)CC3)ccc2[N+](=O)[O-])ccc1O. The van der Waals surface area contributed by atoms with Gasteiger partial charge in [0.25, 0.3) is 17.3 Å². The Morgan fingerprint density at radius 2 is 1.63 bits per heavy atom. The summed E-state index contributed by atoms with van der Waals surface area (Å²) in [4.78, 5) is 40.8. The summed E-state index contributed by atoms with van der Waals surface area (Å²) in [6, 6.07) is 12.0. The number of methoxy groups -OCH3 is 2. The first kappa shape index (κ1) is 30.4. The Morgan fingerprint density at radius 3 is 2.23 bits per heavy atom. The Hall–Kier alpha value is -5.60.